The molecular formula is C14H19NO5. The fraction of sp³-hybridized carbons (Fsp3) is 0.500. The van der Waals surface area contributed by atoms with E-state index in [1.165, 1.54) is 4.90 Å². The highest BCUT2D eigenvalue weighted by Gasteiger charge is 2.34. The van der Waals surface area contributed by atoms with Crippen molar-refractivity contribution in [3.8, 4) is 11.5 Å². The average Bonchev–Trinajstić information content (AvgIpc) is 2.86. The van der Waals surface area contributed by atoms with Crippen molar-refractivity contribution < 1.29 is 24.1 Å². The number of methoxy groups -OCH3 is 1. The van der Waals surface area contributed by atoms with E-state index in [4.69, 9.17) is 19.3 Å². The Kier molecular flexibility index (Phi) is 4.68. The largest absolute Gasteiger partial charge is 0.497 e. The van der Waals surface area contributed by atoms with Gasteiger partial charge < -0.3 is 19.3 Å². The first kappa shape index (κ1) is 14.5. The van der Waals surface area contributed by atoms with E-state index >= 15 is 0 Å². The molecule has 0 aromatic heterocycles. The predicted octanol–water partition coefficient (Wildman–Crippen LogP) is 1.28. The SMILES string of the molecule is COc1ccc(OCC2CN(C(C)CO)C(=O)O2)cc1. The second-order valence-electron chi connectivity index (χ2n) is 4.68. The van der Waals surface area contributed by atoms with Crippen LogP contribution in [0.15, 0.2) is 24.3 Å². The van der Waals surface area contributed by atoms with Crippen LogP contribution in [0.25, 0.3) is 0 Å². The summed E-state index contributed by atoms with van der Waals surface area (Å²) in [5.41, 5.74) is 0. The molecule has 1 amide bonds. The van der Waals surface area contributed by atoms with Gasteiger partial charge in [0.05, 0.1) is 26.3 Å². The van der Waals surface area contributed by atoms with E-state index in [9.17, 15) is 4.79 Å². The minimum Gasteiger partial charge on any atom is -0.497 e. The number of carbonyl (C=O) groups excluding carboxylic acids is 1. The van der Waals surface area contributed by atoms with E-state index in [2.05, 4.69) is 0 Å². The molecule has 1 aliphatic rings. The maximum Gasteiger partial charge on any atom is 0.410 e. The number of ether oxygens (including phenoxy) is 3. The molecule has 1 aliphatic heterocycles. The van der Waals surface area contributed by atoms with Gasteiger partial charge in [-0.2, -0.15) is 0 Å². The van der Waals surface area contributed by atoms with Crippen molar-refractivity contribution in [3.05, 3.63) is 24.3 Å². The van der Waals surface area contributed by atoms with Gasteiger partial charge in [0.2, 0.25) is 0 Å². The Balaban J connectivity index is 1.84. The lowest BCUT2D eigenvalue weighted by molar-refractivity contribution is 0.0997. The normalized spacial score (nSPS) is 19.6. The Morgan fingerprint density at radius 3 is 2.65 bits per heavy atom. The van der Waals surface area contributed by atoms with Crippen LogP contribution in [0, 0.1) is 0 Å². The Morgan fingerprint density at radius 2 is 2.05 bits per heavy atom. The highest BCUT2D eigenvalue weighted by atomic mass is 16.6. The molecule has 1 N–H and O–H groups in total. The number of aliphatic hydroxyl groups is 1. The van der Waals surface area contributed by atoms with Crippen molar-refractivity contribution in [2.75, 3.05) is 26.9 Å². The topological polar surface area (TPSA) is 68.2 Å². The zero-order valence-electron chi connectivity index (χ0n) is 11.6. The smallest absolute Gasteiger partial charge is 0.410 e. The number of cyclic esters (lactones) is 1. The summed E-state index contributed by atoms with van der Waals surface area (Å²) in [6, 6.07) is 6.95. The lowest BCUT2D eigenvalue weighted by Crippen LogP contribution is -2.37. The lowest BCUT2D eigenvalue weighted by atomic mass is 10.3. The van der Waals surface area contributed by atoms with Crippen LogP contribution in [0.2, 0.25) is 0 Å². The van der Waals surface area contributed by atoms with Crippen LogP contribution >= 0.6 is 0 Å². The summed E-state index contributed by atoms with van der Waals surface area (Å²) in [5, 5.41) is 9.06. The van der Waals surface area contributed by atoms with Gasteiger partial charge >= 0.3 is 6.09 Å². The number of carbonyl (C=O) groups is 1. The van der Waals surface area contributed by atoms with Gasteiger partial charge in [-0.1, -0.05) is 0 Å². The molecule has 1 fully saturated rings. The van der Waals surface area contributed by atoms with E-state index in [-0.39, 0.29) is 25.4 Å². The summed E-state index contributed by atoms with van der Waals surface area (Å²) in [6.45, 7) is 2.40. The molecule has 1 saturated heterocycles. The van der Waals surface area contributed by atoms with Crippen molar-refractivity contribution in [2.45, 2.75) is 19.1 Å². The molecule has 2 atom stereocenters. The molecule has 1 aromatic carbocycles. The van der Waals surface area contributed by atoms with Gasteiger partial charge in [-0.25, -0.2) is 4.79 Å². The number of nitrogens with zero attached hydrogens (tertiary/aromatic N) is 1. The molecule has 1 aromatic rings. The van der Waals surface area contributed by atoms with Gasteiger partial charge in [0, 0.05) is 0 Å². The van der Waals surface area contributed by atoms with Gasteiger partial charge in [0.25, 0.3) is 0 Å². The molecule has 0 radical (unpaired) electrons. The second-order valence-corrected chi connectivity index (χ2v) is 4.68. The van der Waals surface area contributed by atoms with Gasteiger partial charge in [0.1, 0.15) is 18.1 Å². The molecule has 6 nitrogen and oxygen atoms in total. The summed E-state index contributed by atoms with van der Waals surface area (Å²) >= 11 is 0. The lowest BCUT2D eigenvalue weighted by Gasteiger charge is -2.19. The van der Waals surface area contributed by atoms with Crippen LogP contribution in [-0.4, -0.2) is 55.1 Å². The van der Waals surface area contributed by atoms with Crippen LogP contribution in [0.3, 0.4) is 0 Å². The quantitative estimate of drug-likeness (QED) is 0.850. The number of aliphatic hydroxyl groups excluding tert-OH is 1. The van der Waals surface area contributed by atoms with Crippen LogP contribution < -0.4 is 9.47 Å². The monoisotopic (exact) mass is 281 g/mol. The highest BCUT2D eigenvalue weighted by molar-refractivity contribution is 5.70. The Bertz CT molecular complexity index is 447. The third kappa shape index (κ3) is 3.33. The fourth-order valence-corrected chi connectivity index (χ4v) is 1.95. The van der Waals surface area contributed by atoms with E-state index in [1.54, 1.807) is 38.3 Å². The Labute approximate surface area is 117 Å². The summed E-state index contributed by atoms with van der Waals surface area (Å²) in [7, 11) is 1.60. The van der Waals surface area contributed by atoms with Crippen molar-refractivity contribution in [3.63, 3.8) is 0 Å². The number of benzene rings is 1. The van der Waals surface area contributed by atoms with E-state index in [0.29, 0.717) is 12.3 Å². The van der Waals surface area contributed by atoms with Gasteiger partial charge in [0.15, 0.2) is 6.10 Å². The molecule has 0 aliphatic carbocycles. The third-order valence-electron chi connectivity index (χ3n) is 3.19. The van der Waals surface area contributed by atoms with Crippen LogP contribution in [0.5, 0.6) is 11.5 Å². The molecule has 6 heteroatoms. The molecule has 0 saturated carbocycles. The first-order chi connectivity index (χ1) is 9.63. The molecule has 2 rings (SSSR count). The Hall–Kier alpha value is -1.95. The number of hydrogen-bond donors (Lipinski definition) is 1. The predicted molar refractivity (Wildman–Crippen MR) is 72.0 cm³/mol. The maximum absolute atomic E-state index is 11.6. The zero-order chi connectivity index (χ0) is 14.5. The first-order valence-electron chi connectivity index (χ1n) is 6.49. The highest BCUT2D eigenvalue weighted by Crippen LogP contribution is 2.19. The van der Waals surface area contributed by atoms with Crippen molar-refractivity contribution in [2.24, 2.45) is 0 Å². The number of rotatable bonds is 6. The number of hydrogen-bond acceptors (Lipinski definition) is 5. The van der Waals surface area contributed by atoms with Crippen molar-refractivity contribution in [1.82, 2.24) is 4.90 Å². The van der Waals surface area contributed by atoms with Crippen LogP contribution in [0.4, 0.5) is 4.79 Å². The average molecular weight is 281 g/mol. The maximum atomic E-state index is 11.6. The van der Waals surface area contributed by atoms with Gasteiger partial charge in [-0.15, -0.1) is 0 Å². The summed E-state index contributed by atoms with van der Waals surface area (Å²) in [5.74, 6) is 1.45. The fourth-order valence-electron chi connectivity index (χ4n) is 1.95. The third-order valence-corrected chi connectivity index (χ3v) is 3.19. The van der Waals surface area contributed by atoms with E-state index in [1.807, 2.05) is 0 Å². The van der Waals surface area contributed by atoms with Crippen molar-refractivity contribution in [1.29, 1.82) is 0 Å². The van der Waals surface area contributed by atoms with E-state index in [0.717, 1.165) is 5.75 Å². The molecule has 0 bridgehead atoms. The summed E-state index contributed by atoms with van der Waals surface area (Å²) in [6.07, 6.45) is -0.728. The van der Waals surface area contributed by atoms with E-state index < -0.39 is 6.09 Å². The number of amides is 1. The van der Waals surface area contributed by atoms with Crippen molar-refractivity contribution >= 4 is 6.09 Å². The van der Waals surface area contributed by atoms with Gasteiger partial charge in [-0.05, 0) is 31.2 Å². The van der Waals surface area contributed by atoms with Crippen LogP contribution in [-0.2, 0) is 4.74 Å². The molecule has 1 heterocycles. The molecule has 2 unspecified atom stereocenters. The molecule has 0 spiro atoms. The minimum absolute atomic E-state index is 0.0822. The summed E-state index contributed by atoms with van der Waals surface area (Å²) < 4.78 is 15.8. The summed E-state index contributed by atoms with van der Waals surface area (Å²) in [4.78, 5) is 13.1. The Morgan fingerprint density at radius 1 is 1.40 bits per heavy atom. The zero-order valence-corrected chi connectivity index (χ0v) is 11.6. The van der Waals surface area contributed by atoms with Gasteiger partial charge in [-0.3, -0.25) is 4.90 Å². The molecule has 110 valence electrons. The molecule has 20 heavy (non-hydrogen) atoms. The van der Waals surface area contributed by atoms with Crippen LogP contribution in [0.1, 0.15) is 6.92 Å². The molecular weight excluding hydrogens is 262 g/mol. The minimum atomic E-state index is -0.408. The first-order valence-corrected chi connectivity index (χ1v) is 6.49. The standard InChI is InChI=1S/C14H19NO5/c1-10(8-16)15-7-13(20-14(15)17)9-19-12-5-3-11(18-2)4-6-12/h3-6,10,13,16H,7-9H2,1-2H3. The second kappa shape index (κ2) is 6.47.